The zero-order chi connectivity index (χ0) is 27.8. The van der Waals surface area contributed by atoms with Crippen molar-refractivity contribution in [2.24, 2.45) is 0 Å². The largest absolute Gasteiger partial charge is 0.391 e. The normalized spacial score (nSPS) is 23.9. The van der Waals surface area contributed by atoms with E-state index in [9.17, 15) is 15.0 Å². The lowest BCUT2D eigenvalue weighted by Gasteiger charge is -2.46. The lowest BCUT2D eigenvalue weighted by Crippen LogP contribution is -2.62. The third-order valence-corrected chi connectivity index (χ3v) is 7.50. The Labute approximate surface area is 230 Å². The number of rotatable bonds is 12. The van der Waals surface area contributed by atoms with Crippen molar-refractivity contribution in [1.82, 2.24) is 25.6 Å². The van der Waals surface area contributed by atoms with E-state index >= 15 is 0 Å². The number of carbonyl (C=O) groups is 1. The quantitative estimate of drug-likeness (QED) is 0.263. The number of carbonyl (C=O) groups excluding carboxylic acids is 1. The number of ether oxygens (including phenoxy) is 1. The highest BCUT2D eigenvalue weighted by molar-refractivity contribution is 5.94. The first kappa shape index (κ1) is 28.9. The minimum Gasteiger partial charge on any atom is -0.391 e. The molecule has 0 spiro atoms. The van der Waals surface area contributed by atoms with Crippen LogP contribution >= 0.6 is 0 Å². The number of likely N-dealkylation sites (N-methyl/N-ethyl adjacent to an activating group) is 1. The molecule has 1 fully saturated rings. The molecule has 9 nitrogen and oxygen atoms in total. The van der Waals surface area contributed by atoms with Gasteiger partial charge in [-0.25, -0.2) is 4.68 Å². The second-order valence-corrected chi connectivity index (χ2v) is 10.5. The van der Waals surface area contributed by atoms with Crippen LogP contribution in [0.1, 0.15) is 62.0 Å². The lowest BCUT2D eigenvalue weighted by molar-refractivity contribution is -0.238. The molecule has 1 saturated heterocycles. The fraction of sp³-hybridized carbons (Fsp3) is 0.500. The lowest BCUT2D eigenvalue weighted by atomic mass is 9.89. The second-order valence-electron chi connectivity index (χ2n) is 10.5. The number of unbranched alkanes of at least 4 members (excludes halogenated alkanes) is 2. The predicted molar refractivity (Wildman–Crippen MR) is 150 cm³/mol. The van der Waals surface area contributed by atoms with Crippen molar-refractivity contribution < 1.29 is 19.7 Å². The van der Waals surface area contributed by atoms with Crippen LogP contribution in [0.5, 0.6) is 0 Å². The summed E-state index contributed by atoms with van der Waals surface area (Å²) in [6.45, 7) is 4.27. The number of aryl methyl sites for hydroxylation is 1. The van der Waals surface area contributed by atoms with E-state index in [2.05, 4.69) is 27.9 Å². The number of benzene rings is 2. The van der Waals surface area contributed by atoms with Gasteiger partial charge in [-0.2, -0.15) is 0 Å². The maximum absolute atomic E-state index is 12.7. The Balaban J connectivity index is 1.35. The van der Waals surface area contributed by atoms with Crippen LogP contribution in [0, 0.1) is 0 Å². The summed E-state index contributed by atoms with van der Waals surface area (Å²) in [4.78, 5) is 12.7. The number of aliphatic hydroxyl groups is 2. The summed E-state index contributed by atoms with van der Waals surface area (Å²) in [6.07, 6.45) is 4.18. The summed E-state index contributed by atoms with van der Waals surface area (Å²) < 4.78 is 8.06. The molecule has 0 saturated carbocycles. The molecule has 2 aromatic carbocycles. The van der Waals surface area contributed by atoms with Gasteiger partial charge < -0.3 is 25.6 Å². The van der Waals surface area contributed by atoms with Gasteiger partial charge in [0.2, 0.25) is 0 Å². The molecule has 1 aromatic heterocycles. The monoisotopic (exact) mass is 535 g/mol. The van der Waals surface area contributed by atoms with Crippen LogP contribution in [0.15, 0.2) is 60.8 Å². The summed E-state index contributed by atoms with van der Waals surface area (Å²) >= 11 is 0. The van der Waals surface area contributed by atoms with Crippen LogP contribution in [0.25, 0.3) is 11.1 Å². The second kappa shape index (κ2) is 13.3. The highest BCUT2D eigenvalue weighted by Crippen LogP contribution is 2.34. The van der Waals surface area contributed by atoms with E-state index in [1.54, 1.807) is 23.9 Å². The Hall–Kier alpha value is -3.11. The van der Waals surface area contributed by atoms with Gasteiger partial charge in [0.05, 0.1) is 30.1 Å². The van der Waals surface area contributed by atoms with Crippen molar-refractivity contribution >= 4 is 5.91 Å². The molecule has 0 aliphatic carbocycles. The van der Waals surface area contributed by atoms with Gasteiger partial charge in [-0.1, -0.05) is 67.4 Å². The summed E-state index contributed by atoms with van der Waals surface area (Å²) in [7, 11) is 1.74. The predicted octanol–water partition coefficient (Wildman–Crippen LogP) is 3.27. The van der Waals surface area contributed by atoms with Gasteiger partial charge in [-0.05, 0) is 56.5 Å². The molecule has 0 bridgehead atoms. The number of aromatic nitrogens is 3. The Morgan fingerprint density at radius 1 is 1.15 bits per heavy atom. The Morgan fingerprint density at radius 3 is 2.56 bits per heavy atom. The molecule has 2 heterocycles. The van der Waals surface area contributed by atoms with E-state index in [4.69, 9.17) is 4.74 Å². The number of amides is 1. The van der Waals surface area contributed by atoms with E-state index in [1.165, 1.54) is 0 Å². The van der Waals surface area contributed by atoms with E-state index < -0.39 is 30.1 Å². The highest BCUT2D eigenvalue weighted by atomic mass is 16.5. The van der Waals surface area contributed by atoms with E-state index in [1.807, 2.05) is 55.6 Å². The third-order valence-electron chi connectivity index (χ3n) is 7.50. The number of aliphatic hydroxyl groups excluding tert-OH is 2. The van der Waals surface area contributed by atoms with E-state index in [0.717, 1.165) is 42.5 Å². The number of hydrogen-bond donors (Lipinski definition) is 4. The number of hydrogen-bond acceptors (Lipinski definition) is 7. The van der Waals surface area contributed by atoms with Crippen molar-refractivity contribution in [1.29, 1.82) is 0 Å². The molecule has 1 aliphatic heterocycles. The molecule has 3 aromatic rings. The van der Waals surface area contributed by atoms with Crippen molar-refractivity contribution in [2.45, 2.75) is 82.5 Å². The van der Waals surface area contributed by atoms with Crippen LogP contribution in [0.3, 0.4) is 0 Å². The number of nitrogens with zero attached hydrogens (tertiary/aromatic N) is 3. The molecule has 9 heteroatoms. The minimum atomic E-state index is -0.960. The Kier molecular flexibility index (Phi) is 9.85. The average Bonchev–Trinajstić information content (AvgIpc) is 3.43. The Morgan fingerprint density at radius 2 is 1.87 bits per heavy atom. The van der Waals surface area contributed by atoms with Gasteiger partial charge in [0.1, 0.15) is 6.10 Å². The number of nitrogens with one attached hydrogen (secondary N) is 2. The van der Waals surface area contributed by atoms with Crippen LogP contribution in [-0.2, 0) is 16.9 Å². The molecule has 3 unspecified atom stereocenters. The summed E-state index contributed by atoms with van der Waals surface area (Å²) in [5.74, 6) is -0.209. The fourth-order valence-electron chi connectivity index (χ4n) is 5.22. The van der Waals surface area contributed by atoms with Crippen LogP contribution < -0.4 is 10.6 Å². The summed E-state index contributed by atoms with van der Waals surface area (Å²) in [5, 5.41) is 36.6. The van der Waals surface area contributed by atoms with E-state index in [0.29, 0.717) is 12.0 Å². The highest BCUT2D eigenvalue weighted by Gasteiger charge is 2.47. The van der Waals surface area contributed by atoms with Gasteiger partial charge in [0, 0.05) is 18.5 Å². The molecule has 210 valence electrons. The minimum absolute atomic E-state index is 0.209. The van der Waals surface area contributed by atoms with Gasteiger partial charge in [-0.3, -0.25) is 4.79 Å². The zero-order valence-corrected chi connectivity index (χ0v) is 23.1. The van der Waals surface area contributed by atoms with Crippen molar-refractivity contribution in [3.63, 3.8) is 0 Å². The topological polar surface area (TPSA) is 122 Å². The molecule has 4 N–H and O–H groups in total. The van der Waals surface area contributed by atoms with Gasteiger partial charge in [0.15, 0.2) is 5.72 Å². The molecular weight excluding hydrogens is 494 g/mol. The average molecular weight is 536 g/mol. The molecular formula is C30H41N5O4. The van der Waals surface area contributed by atoms with Crippen molar-refractivity contribution in [3.05, 3.63) is 72.1 Å². The van der Waals surface area contributed by atoms with Crippen molar-refractivity contribution in [3.8, 4) is 11.1 Å². The first-order chi connectivity index (χ1) is 18.8. The third kappa shape index (κ3) is 7.10. The summed E-state index contributed by atoms with van der Waals surface area (Å²) in [5.41, 5.74) is 2.60. The first-order valence-corrected chi connectivity index (χ1v) is 13.9. The molecule has 0 radical (unpaired) electrons. The van der Waals surface area contributed by atoms with Gasteiger partial charge >= 0.3 is 0 Å². The molecule has 39 heavy (non-hydrogen) atoms. The molecule has 1 amide bonds. The smallest absolute Gasteiger partial charge is 0.251 e. The first-order valence-electron chi connectivity index (χ1n) is 13.9. The molecule has 1 aliphatic rings. The van der Waals surface area contributed by atoms with Crippen LogP contribution in [0.4, 0.5) is 0 Å². The zero-order valence-electron chi connectivity index (χ0n) is 23.1. The SMILES string of the molecule is CCCCCc1cn([C@]2(C)CC(O)[C@@H](NC)C(C(O)CCNC(=O)c3ccc(-c4ccccc4)cc3)O2)nn1. The molecule has 4 rings (SSSR count). The Bertz CT molecular complexity index is 1190. The van der Waals surface area contributed by atoms with Crippen LogP contribution in [0.2, 0.25) is 0 Å². The van der Waals surface area contributed by atoms with E-state index in [-0.39, 0.29) is 18.9 Å². The van der Waals surface area contributed by atoms with Crippen molar-refractivity contribution in [2.75, 3.05) is 13.6 Å². The fourth-order valence-corrected chi connectivity index (χ4v) is 5.22. The standard InChI is InChI=1S/C30H41N5O4/c1-4-5-7-12-24-20-35(34-33-24)30(2)19-26(37)27(31-3)28(39-30)25(36)17-18-32-29(38)23-15-13-22(14-16-23)21-10-8-6-9-11-21/h6,8-11,13-16,20,25-28,31,36-37H,4-5,7,12,17-19H2,1-3H3,(H,32,38)/t25?,26?,27-,28?,30+/m1/s1. The maximum atomic E-state index is 12.7. The molecule has 5 atom stereocenters. The summed E-state index contributed by atoms with van der Waals surface area (Å²) in [6, 6.07) is 17.0. The van der Waals surface area contributed by atoms with Gasteiger partial charge in [0.25, 0.3) is 5.91 Å². The van der Waals surface area contributed by atoms with Gasteiger partial charge in [-0.15, -0.1) is 5.10 Å². The van der Waals surface area contributed by atoms with Crippen LogP contribution in [-0.4, -0.2) is 69.1 Å². The maximum Gasteiger partial charge on any atom is 0.251 e.